The normalized spacial score (nSPS) is 33.7. The molecule has 2 aliphatic rings. The lowest BCUT2D eigenvalue weighted by atomic mass is 9.93. The zero-order valence-electron chi connectivity index (χ0n) is 10.2. The number of rotatable bonds is 2. The van der Waals surface area contributed by atoms with Crippen LogP contribution in [0, 0.1) is 5.92 Å². The summed E-state index contributed by atoms with van der Waals surface area (Å²) in [6.45, 7) is 3.86. The SMILES string of the molecule is CC1(C(=O)N2CCC[C@@H](C(=O)O)C2)CCCN1. The third-order valence-electron chi connectivity index (χ3n) is 3.90. The van der Waals surface area contributed by atoms with Gasteiger partial charge in [0.05, 0.1) is 11.5 Å². The van der Waals surface area contributed by atoms with Gasteiger partial charge in [-0.1, -0.05) is 0 Å². The maximum Gasteiger partial charge on any atom is 0.308 e. The molecule has 0 aromatic rings. The van der Waals surface area contributed by atoms with Crippen molar-refractivity contribution in [2.45, 2.75) is 38.1 Å². The second kappa shape index (κ2) is 4.64. The minimum absolute atomic E-state index is 0.0703. The van der Waals surface area contributed by atoms with Crippen molar-refractivity contribution in [1.82, 2.24) is 10.2 Å². The van der Waals surface area contributed by atoms with E-state index in [-0.39, 0.29) is 5.91 Å². The van der Waals surface area contributed by atoms with E-state index < -0.39 is 17.4 Å². The van der Waals surface area contributed by atoms with Gasteiger partial charge in [0.25, 0.3) is 0 Å². The largest absolute Gasteiger partial charge is 0.481 e. The standard InChI is InChI=1S/C12H20N2O3/c1-12(5-3-6-13-12)11(17)14-7-2-4-9(8-14)10(15)16/h9,13H,2-8H2,1H3,(H,15,16)/t9-,12?/m1/s1. The lowest BCUT2D eigenvalue weighted by molar-refractivity contribution is -0.147. The molecule has 17 heavy (non-hydrogen) atoms. The number of carbonyl (C=O) groups is 2. The van der Waals surface area contributed by atoms with Crippen molar-refractivity contribution < 1.29 is 14.7 Å². The van der Waals surface area contributed by atoms with E-state index in [4.69, 9.17) is 5.11 Å². The molecule has 0 saturated carbocycles. The van der Waals surface area contributed by atoms with E-state index in [1.165, 1.54) is 0 Å². The molecule has 0 aromatic carbocycles. The molecule has 0 radical (unpaired) electrons. The number of aliphatic carboxylic acids is 1. The van der Waals surface area contributed by atoms with Crippen LogP contribution in [0.4, 0.5) is 0 Å². The fourth-order valence-corrected chi connectivity index (χ4v) is 2.79. The number of carboxylic acids is 1. The molecule has 0 bridgehead atoms. The molecule has 2 saturated heterocycles. The molecular weight excluding hydrogens is 220 g/mol. The second-order valence-corrected chi connectivity index (χ2v) is 5.29. The molecular formula is C12H20N2O3. The number of carboxylic acid groups (broad SMARTS) is 1. The van der Waals surface area contributed by atoms with Crippen LogP contribution in [0.3, 0.4) is 0 Å². The summed E-state index contributed by atoms with van der Waals surface area (Å²) in [5.41, 5.74) is -0.472. The highest BCUT2D eigenvalue weighted by Gasteiger charge is 2.40. The molecule has 1 amide bonds. The average molecular weight is 240 g/mol. The Morgan fingerprint density at radius 2 is 2.18 bits per heavy atom. The third kappa shape index (κ3) is 2.44. The molecule has 5 nitrogen and oxygen atoms in total. The number of hydrogen-bond donors (Lipinski definition) is 2. The summed E-state index contributed by atoms with van der Waals surface area (Å²) < 4.78 is 0. The molecule has 2 rings (SSSR count). The lowest BCUT2D eigenvalue weighted by Crippen LogP contribution is -2.55. The Hall–Kier alpha value is -1.10. The average Bonchev–Trinajstić information content (AvgIpc) is 2.76. The number of carbonyl (C=O) groups excluding carboxylic acids is 1. The van der Waals surface area contributed by atoms with Crippen molar-refractivity contribution in [1.29, 1.82) is 0 Å². The zero-order chi connectivity index (χ0) is 12.5. The van der Waals surface area contributed by atoms with Gasteiger partial charge in [0.1, 0.15) is 0 Å². The van der Waals surface area contributed by atoms with Crippen molar-refractivity contribution in [2.24, 2.45) is 5.92 Å². The Morgan fingerprint density at radius 1 is 1.41 bits per heavy atom. The van der Waals surface area contributed by atoms with Gasteiger partial charge >= 0.3 is 5.97 Å². The van der Waals surface area contributed by atoms with Crippen LogP contribution in [-0.4, -0.2) is 47.1 Å². The summed E-state index contributed by atoms with van der Waals surface area (Å²) in [7, 11) is 0. The number of nitrogens with zero attached hydrogens (tertiary/aromatic N) is 1. The Balaban J connectivity index is 2.01. The van der Waals surface area contributed by atoms with Crippen molar-refractivity contribution in [3.05, 3.63) is 0 Å². The van der Waals surface area contributed by atoms with Crippen LogP contribution in [0.2, 0.25) is 0 Å². The number of amides is 1. The van der Waals surface area contributed by atoms with Gasteiger partial charge < -0.3 is 15.3 Å². The van der Waals surface area contributed by atoms with E-state index in [1.54, 1.807) is 4.90 Å². The summed E-state index contributed by atoms with van der Waals surface area (Å²) >= 11 is 0. The minimum atomic E-state index is -0.785. The Kier molecular flexibility index (Phi) is 3.38. The lowest BCUT2D eigenvalue weighted by Gasteiger charge is -2.36. The van der Waals surface area contributed by atoms with Crippen LogP contribution in [0.5, 0.6) is 0 Å². The number of nitrogens with one attached hydrogen (secondary N) is 1. The fraction of sp³-hybridized carbons (Fsp3) is 0.833. The molecule has 0 spiro atoms. The number of hydrogen-bond acceptors (Lipinski definition) is 3. The van der Waals surface area contributed by atoms with Gasteiger partial charge in [0.2, 0.25) is 5.91 Å². The van der Waals surface area contributed by atoms with E-state index in [2.05, 4.69) is 5.32 Å². The van der Waals surface area contributed by atoms with Gasteiger partial charge in [-0.2, -0.15) is 0 Å². The summed E-state index contributed by atoms with van der Waals surface area (Å²) in [6, 6.07) is 0. The molecule has 0 aromatic heterocycles. The number of piperidine rings is 1. The van der Waals surface area contributed by atoms with Crippen LogP contribution in [0.25, 0.3) is 0 Å². The van der Waals surface area contributed by atoms with Gasteiger partial charge in [-0.25, -0.2) is 0 Å². The highest BCUT2D eigenvalue weighted by atomic mass is 16.4. The predicted molar refractivity (Wildman–Crippen MR) is 62.6 cm³/mol. The highest BCUT2D eigenvalue weighted by molar-refractivity contribution is 5.87. The van der Waals surface area contributed by atoms with Gasteiger partial charge in [-0.05, 0) is 39.2 Å². The Labute approximate surface area is 101 Å². The molecule has 5 heteroatoms. The quantitative estimate of drug-likeness (QED) is 0.735. The monoisotopic (exact) mass is 240 g/mol. The van der Waals surface area contributed by atoms with Gasteiger partial charge in [-0.15, -0.1) is 0 Å². The van der Waals surface area contributed by atoms with Crippen LogP contribution >= 0.6 is 0 Å². The van der Waals surface area contributed by atoms with Gasteiger partial charge in [0.15, 0.2) is 0 Å². The van der Waals surface area contributed by atoms with Gasteiger partial charge in [-0.3, -0.25) is 9.59 Å². The van der Waals surface area contributed by atoms with Crippen LogP contribution in [0.1, 0.15) is 32.6 Å². The Morgan fingerprint density at radius 3 is 2.76 bits per heavy atom. The van der Waals surface area contributed by atoms with Crippen LogP contribution < -0.4 is 5.32 Å². The first-order chi connectivity index (χ1) is 8.03. The van der Waals surface area contributed by atoms with Crippen LogP contribution in [0.15, 0.2) is 0 Å². The van der Waals surface area contributed by atoms with Crippen LogP contribution in [-0.2, 0) is 9.59 Å². The van der Waals surface area contributed by atoms with E-state index in [0.717, 1.165) is 25.8 Å². The first kappa shape index (κ1) is 12.4. The maximum atomic E-state index is 12.4. The van der Waals surface area contributed by atoms with Crippen molar-refractivity contribution in [2.75, 3.05) is 19.6 Å². The maximum absolute atomic E-state index is 12.4. The molecule has 2 heterocycles. The first-order valence-corrected chi connectivity index (χ1v) is 6.30. The van der Waals surface area contributed by atoms with Crippen molar-refractivity contribution >= 4 is 11.9 Å². The molecule has 0 aliphatic carbocycles. The molecule has 1 unspecified atom stereocenters. The van der Waals surface area contributed by atoms with E-state index in [9.17, 15) is 9.59 Å². The summed E-state index contributed by atoms with van der Waals surface area (Å²) in [5.74, 6) is -1.11. The van der Waals surface area contributed by atoms with E-state index in [0.29, 0.717) is 19.5 Å². The molecule has 96 valence electrons. The minimum Gasteiger partial charge on any atom is -0.481 e. The third-order valence-corrected chi connectivity index (χ3v) is 3.90. The van der Waals surface area contributed by atoms with E-state index >= 15 is 0 Å². The predicted octanol–water partition coefficient (Wildman–Crippen LogP) is 0.452. The highest BCUT2D eigenvalue weighted by Crippen LogP contribution is 2.25. The summed E-state index contributed by atoms with van der Waals surface area (Å²) in [4.78, 5) is 25.1. The summed E-state index contributed by atoms with van der Waals surface area (Å²) in [6.07, 6.45) is 3.33. The van der Waals surface area contributed by atoms with E-state index in [1.807, 2.05) is 6.92 Å². The molecule has 2 atom stereocenters. The Bertz CT molecular complexity index is 324. The number of likely N-dealkylation sites (tertiary alicyclic amines) is 1. The topological polar surface area (TPSA) is 69.6 Å². The zero-order valence-corrected chi connectivity index (χ0v) is 10.2. The smallest absolute Gasteiger partial charge is 0.308 e. The van der Waals surface area contributed by atoms with Crippen molar-refractivity contribution in [3.8, 4) is 0 Å². The van der Waals surface area contributed by atoms with Gasteiger partial charge in [0, 0.05) is 13.1 Å². The molecule has 2 aliphatic heterocycles. The molecule has 2 fully saturated rings. The fourth-order valence-electron chi connectivity index (χ4n) is 2.79. The second-order valence-electron chi connectivity index (χ2n) is 5.29. The summed E-state index contributed by atoms with van der Waals surface area (Å²) in [5, 5.41) is 12.2. The molecule has 2 N–H and O–H groups in total. The first-order valence-electron chi connectivity index (χ1n) is 6.30. The van der Waals surface area contributed by atoms with Crippen molar-refractivity contribution in [3.63, 3.8) is 0 Å².